The van der Waals surface area contributed by atoms with Crippen molar-refractivity contribution in [2.75, 3.05) is 10.6 Å². The summed E-state index contributed by atoms with van der Waals surface area (Å²) in [4.78, 5) is 28.8. The summed E-state index contributed by atoms with van der Waals surface area (Å²) < 4.78 is 0. The van der Waals surface area contributed by atoms with Gasteiger partial charge < -0.3 is 15.6 Å². The summed E-state index contributed by atoms with van der Waals surface area (Å²) in [7, 11) is 0. The fourth-order valence-electron chi connectivity index (χ4n) is 1.55. The lowest BCUT2D eigenvalue weighted by Crippen LogP contribution is -2.14. The Bertz CT molecular complexity index is 577. The van der Waals surface area contributed by atoms with Crippen molar-refractivity contribution >= 4 is 23.8 Å². The number of carbonyl (C=O) groups is 2. The third-order valence-corrected chi connectivity index (χ3v) is 2.34. The van der Waals surface area contributed by atoms with Crippen LogP contribution in [0.25, 0.3) is 0 Å². The maximum Gasteiger partial charge on any atom is 0.275 e. The Labute approximate surface area is 103 Å². The molecule has 0 fully saturated rings. The van der Waals surface area contributed by atoms with Gasteiger partial charge in [-0.1, -0.05) is 12.1 Å². The van der Waals surface area contributed by atoms with Crippen LogP contribution in [-0.4, -0.2) is 22.3 Å². The molecule has 1 heterocycles. The Hall–Kier alpha value is -2.63. The minimum Gasteiger partial charge on any atom is -0.339 e. The summed E-state index contributed by atoms with van der Waals surface area (Å²) in [5.41, 5.74) is 1.94. The van der Waals surface area contributed by atoms with Crippen molar-refractivity contribution in [3.63, 3.8) is 0 Å². The number of aromatic amines is 1. The smallest absolute Gasteiger partial charge is 0.275 e. The van der Waals surface area contributed by atoms with Crippen molar-refractivity contribution in [2.45, 2.75) is 6.92 Å². The van der Waals surface area contributed by atoms with E-state index in [2.05, 4.69) is 20.6 Å². The Morgan fingerprint density at radius 1 is 1.44 bits per heavy atom. The topological polar surface area (TPSA) is 86.9 Å². The molecule has 92 valence electrons. The van der Waals surface area contributed by atoms with Crippen molar-refractivity contribution in [3.05, 3.63) is 41.9 Å². The molecular weight excluding hydrogens is 232 g/mol. The number of benzene rings is 1. The number of rotatable bonds is 4. The van der Waals surface area contributed by atoms with Gasteiger partial charge in [-0.05, 0) is 24.6 Å². The van der Waals surface area contributed by atoms with Crippen LogP contribution in [0.2, 0.25) is 0 Å². The predicted molar refractivity (Wildman–Crippen MR) is 67.4 cm³/mol. The molecule has 3 N–H and O–H groups in total. The minimum absolute atomic E-state index is 0.204. The molecule has 2 rings (SSSR count). The van der Waals surface area contributed by atoms with Gasteiger partial charge in [0.15, 0.2) is 5.82 Å². The average molecular weight is 244 g/mol. The molecule has 2 aromatic rings. The summed E-state index contributed by atoms with van der Waals surface area (Å²) in [5.74, 6) is -0.155. The molecule has 0 aliphatic carbocycles. The molecule has 0 saturated heterocycles. The SMILES string of the molecule is Cc1cccc(NC(=O)c2[nH]cnc2NC=O)c1. The fourth-order valence-corrected chi connectivity index (χ4v) is 1.55. The monoisotopic (exact) mass is 244 g/mol. The lowest BCUT2D eigenvalue weighted by Gasteiger charge is -2.05. The average Bonchev–Trinajstić information content (AvgIpc) is 2.78. The fraction of sp³-hybridized carbons (Fsp3) is 0.0833. The van der Waals surface area contributed by atoms with Crippen molar-refractivity contribution in [3.8, 4) is 0 Å². The minimum atomic E-state index is -0.359. The zero-order valence-electron chi connectivity index (χ0n) is 9.73. The number of hydrogen-bond donors (Lipinski definition) is 3. The first kappa shape index (κ1) is 11.8. The van der Waals surface area contributed by atoms with Crippen LogP contribution in [0.5, 0.6) is 0 Å². The highest BCUT2D eigenvalue weighted by molar-refractivity contribution is 6.06. The van der Waals surface area contributed by atoms with E-state index in [9.17, 15) is 9.59 Å². The molecular formula is C12H12N4O2. The molecule has 6 nitrogen and oxygen atoms in total. The second kappa shape index (κ2) is 5.13. The van der Waals surface area contributed by atoms with Gasteiger partial charge in [0.25, 0.3) is 5.91 Å². The van der Waals surface area contributed by atoms with E-state index in [4.69, 9.17) is 0 Å². The number of aromatic nitrogens is 2. The first-order valence-corrected chi connectivity index (χ1v) is 5.32. The molecule has 0 bridgehead atoms. The van der Waals surface area contributed by atoms with E-state index in [0.717, 1.165) is 5.56 Å². The maximum absolute atomic E-state index is 11.9. The van der Waals surface area contributed by atoms with E-state index in [1.54, 1.807) is 6.07 Å². The van der Waals surface area contributed by atoms with Gasteiger partial charge in [0.1, 0.15) is 5.69 Å². The third kappa shape index (κ3) is 2.54. The zero-order chi connectivity index (χ0) is 13.0. The van der Waals surface area contributed by atoms with E-state index in [1.165, 1.54) is 6.33 Å². The van der Waals surface area contributed by atoms with E-state index in [-0.39, 0.29) is 17.4 Å². The molecule has 1 aromatic carbocycles. The second-order valence-electron chi connectivity index (χ2n) is 3.71. The highest BCUT2D eigenvalue weighted by Crippen LogP contribution is 2.14. The van der Waals surface area contributed by atoms with E-state index in [1.807, 2.05) is 25.1 Å². The first-order valence-electron chi connectivity index (χ1n) is 5.32. The van der Waals surface area contributed by atoms with Gasteiger partial charge in [0.05, 0.1) is 6.33 Å². The highest BCUT2D eigenvalue weighted by atomic mass is 16.2. The van der Waals surface area contributed by atoms with Crippen molar-refractivity contribution < 1.29 is 9.59 Å². The number of hydrogen-bond acceptors (Lipinski definition) is 3. The van der Waals surface area contributed by atoms with Gasteiger partial charge >= 0.3 is 0 Å². The van der Waals surface area contributed by atoms with Gasteiger partial charge in [-0.25, -0.2) is 4.98 Å². The Balaban J connectivity index is 2.16. The van der Waals surface area contributed by atoms with Crippen LogP contribution in [0.1, 0.15) is 16.1 Å². The van der Waals surface area contributed by atoms with Crippen molar-refractivity contribution in [2.24, 2.45) is 0 Å². The molecule has 0 spiro atoms. The van der Waals surface area contributed by atoms with E-state index >= 15 is 0 Å². The molecule has 1 aromatic heterocycles. The summed E-state index contributed by atoms with van der Waals surface area (Å²) in [5, 5.41) is 5.07. The van der Waals surface area contributed by atoms with E-state index in [0.29, 0.717) is 12.1 Å². The number of aryl methyl sites for hydroxylation is 1. The summed E-state index contributed by atoms with van der Waals surface area (Å²) >= 11 is 0. The first-order chi connectivity index (χ1) is 8.70. The highest BCUT2D eigenvalue weighted by Gasteiger charge is 2.13. The van der Waals surface area contributed by atoms with Crippen molar-refractivity contribution in [1.29, 1.82) is 0 Å². The lowest BCUT2D eigenvalue weighted by molar-refractivity contribution is -0.105. The van der Waals surface area contributed by atoms with Gasteiger partial charge in [-0.3, -0.25) is 9.59 Å². The van der Waals surface area contributed by atoms with Crippen molar-refractivity contribution in [1.82, 2.24) is 9.97 Å². The number of anilines is 2. The van der Waals surface area contributed by atoms with Gasteiger partial charge in [0.2, 0.25) is 6.41 Å². The quantitative estimate of drug-likeness (QED) is 0.713. The number of carbonyl (C=O) groups excluding carboxylic acids is 2. The maximum atomic E-state index is 11.9. The van der Waals surface area contributed by atoms with Crippen LogP contribution >= 0.6 is 0 Å². The van der Waals surface area contributed by atoms with Crippen LogP contribution in [-0.2, 0) is 4.79 Å². The van der Waals surface area contributed by atoms with Crippen LogP contribution in [0, 0.1) is 6.92 Å². The molecule has 0 saturated carbocycles. The van der Waals surface area contributed by atoms with Crippen LogP contribution < -0.4 is 10.6 Å². The lowest BCUT2D eigenvalue weighted by atomic mass is 10.2. The second-order valence-corrected chi connectivity index (χ2v) is 3.71. The summed E-state index contributed by atoms with van der Waals surface area (Å²) in [6.45, 7) is 1.94. The molecule has 2 amide bonds. The van der Waals surface area contributed by atoms with Gasteiger partial charge in [0, 0.05) is 5.69 Å². The Morgan fingerprint density at radius 2 is 2.28 bits per heavy atom. The van der Waals surface area contributed by atoms with Crippen LogP contribution in [0.3, 0.4) is 0 Å². The third-order valence-electron chi connectivity index (χ3n) is 2.34. The molecule has 0 aliphatic heterocycles. The van der Waals surface area contributed by atoms with Gasteiger partial charge in [-0.2, -0.15) is 0 Å². The van der Waals surface area contributed by atoms with Crippen LogP contribution in [0.4, 0.5) is 11.5 Å². The molecule has 0 radical (unpaired) electrons. The summed E-state index contributed by atoms with van der Waals surface area (Å²) in [6.07, 6.45) is 1.82. The van der Waals surface area contributed by atoms with Gasteiger partial charge in [-0.15, -0.1) is 0 Å². The normalized spacial score (nSPS) is 9.83. The number of nitrogens with one attached hydrogen (secondary N) is 3. The number of amides is 2. The summed E-state index contributed by atoms with van der Waals surface area (Å²) in [6, 6.07) is 7.42. The Kier molecular flexibility index (Phi) is 3.38. The van der Waals surface area contributed by atoms with E-state index < -0.39 is 0 Å². The largest absolute Gasteiger partial charge is 0.339 e. The predicted octanol–water partition coefficient (Wildman–Crippen LogP) is 1.54. The molecule has 6 heteroatoms. The number of H-pyrrole nitrogens is 1. The molecule has 0 aliphatic rings. The molecule has 18 heavy (non-hydrogen) atoms. The molecule has 0 unspecified atom stereocenters. The number of nitrogens with zero attached hydrogens (tertiary/aromatic N) is 1. The van der Waals surface area contributed by atoms with Crippen LogP contribution in [0.15, 0.2) is 30.6 Å². The number of imidazole rings is 1. The molecule has 0 atom stereocenters. The zero-order valence-corrected chi connectivity index (χ0v) is 9.73. The Morgan fingerprint density at radius 3 is 3.00 bits per heavy atom. The standard InChI is InChI=1S/C12H12N4O2/c1-8-3-2-4-9(5-8)16-12(18)10-11(15-7-17)14-6-13-10/h2-7H,1H3,(H,13,14)(H,15,17)(H,16,18).